The number of fused-ring (bicyclic) bond motifs is 1. The largest absolute Gasteiger partial charge is 0.368 e. The van der Waals surface area contributed by atoms with Crippen LogP contribution in [0.1, 0.15) is 18.4 Å². The Morgan fingerprint density at radius 2 is 1.73 bits per heavy atom. The minimum absolute atomic E-state index is 0.0276. The molecule has 0 saturated carbocycles. The number of hydrogen-bond acceptors (Lipinski definition) is 5. The second kappa shape index (κ2) is 7.97. The van der Waals surface area contributed by atoms with Gasteiger partial charge in [-0.25, -0.2) is 0 Å². The number of nitrogens with zero attached hydrogens (tertiary/aromatic N) is 6. The van der Waals surface area contributed by atoms with Crippen LogP contribution in [0.4, 0.5) is 11.6 Å². The quantitative estimate of drug-likeness (QED) is 0.672. The third-order valence-corrected chi connectivity index (χ3v) is 6.40. The second-order valence-corrected chi connectivity index (χ2v) is 8.31. The van der Waals surface area contributed by atoms with Gasteiger partial charge in [-0.3, -0.25) is 9.20 Å². The lowest BCUT2D eigenvalue weighted by Gasteiger charge is -2.40. The highest BCUT2D eigenvalue weighted by Gasteiger charge is 2.32. The van der Waals surface area contributed by atoms with Gasteiger partial charge in [0.25, 0.3) is 0 Å². The number of rotatable bonds is 3. The number of amides is 1. The average Bonchev–Trinajstić information content (AvgIpc) is 3.23. The van der Waals surface area contributed by atoms with Crippen LogP contribution in [0.3, 0.4) is 0 Å². The lowest BCUT2D eigenvalue weighted by Crippen LogP contribution is -2.53. The highest BCUT2D eigenvalue weighted by Crippen LogP contribution is 2.25. The van der Waals surface area contributed by atoms with E-state index in [4.69, 9.17) is 0 Å². The van der Waals surface area contributed by atoms with E-state index in [1.807, 2.05) is 28.8 Å². The normalized spacial score (nSPS) is 20.0. The fourth-order valence-corrected chi connectivity index (χ4v) is 4.75. The van der Waals surface area contributed by atoms with E-state index in [-0.39, 0.29) is 11.8 Å². The summed E-state index contributed by atoms with van der Waals surface area (Å²) < 4.78 is 2.01. The van der Waals surface area contributed by atoms with Crippen LogP contribution >= 0.6 is 0 Å². The van der Waals surface area contributed by atoms with Gasteiger partial charge in [-0.15, -0.1) is 10.2 Å². The van der Waals surface area contributed by atoms with Crippen molar-refractivity contribution in [2.45, 2.75) is 19.8 Å². The third kappa shape index (κ3) is 3.49. The molecule has 0 aliphatic carbocycles. The number of aryl methyl sites for hydroxylation is 1. The molecule has 156 valence electrons. The van der Waals surface area contributed by atoms with Gasteiger partial charge in [0, 0.05) is 51.2 Å². The Morgan fingerprint density at radius 3 is 2.57 bits per heavy atom. The van der Waals surface area contributed by atoms with E-state index in [9.17, 15) is 4.79 Å². The monoisotopic (exact) mass is 404 g/mol. The van der Waals surface area contributed by atoms with E-state index < -0.39 is 0 Å². The van der Waals surface area contributed by atoms with Crippen molar-refractivity contribution in [3.63, 3.8) is 0 Å². The number of piperidine rings is 1. The number of carbonyl (C=O) groups excluding carboxylic acids is 1. The van der Waals surface area contributed by atoms with Gasteiger partial charge in [0.15, 0.2) is 5.65 Å². The van der Waals surface area contributed by atoms with Crippen LogP contribution in [0, 0.1) is 12.8 Å². The Morgan fingerprint density at radius 1 is 0.933 bits per heavy atom. The molecule has 2 aromatic heterocycles. The lowest BCUT2D eigenvalue weighted by atomic mass is 9.96. The van der Waals surface area contributed by atoms with Gasteiger partial charge in [0.1, 0.15) is 0 Å². The van der Waals surface area contributed by atoms with E-state index in [0.29, 0.717) is 6.54 Å². The summed E-state index contributed by atoms with van der Waals surface area (Å²) in [4.78, 5) is 20.0. The number of hydrogen-bond donors (Lipinski definition) is 0. The maximum Gasteiger partial charge on any atom is 0.231 e. The van der Waals surface area contributed by atoms with Crippen LogP contribution in [0.5, 0.6) is 0 Å². The zero-order chi connectivity index (χ0) is 20.5. The summed E-state index contributed by atoms with van der Waals surface area (Å²) in [5, 5.41) is 8.65. The summed E-state index contributed by atoms with van der Waals surface area (Å²) in [6.07, 6.45) is 3.94. The third-order valence-electron chi connectivity index (χ3n) is 6.40. The molecule has 0 bridgehead atoms. The van der Waals surface area contributed by atoms with E-state index in [0.717, 1.165) is 57.2 Å². The van der Waals surface area contributed by atoms with Crippen molar-refractivity contribution in [2.75, 3.05) is 49.1 Å². The smallest absolute Gasteiger partial charge is 0.231 e. The fourth-order valence-electron chi connectivity index (χ4n) is 4.75. The number of piperazine rings is 1. The van der Waals surface area contributed by atoms with E-state index in [1.54, 1.807) is 0 Å². The molecule has 0 unspecified atom stereocenters. The summed E-state index contributed by atoms with van der Waals surface area (Å²) in [6.45, 7) is 7.14. The molecule has 30 heavy (non-hydrogen) atoms. The Kier molecular flexibility index (Phi) is 5.02. The zero-order valence-corrected chi connectivity index (χ0v) is 17.4. The first kappa shape index (κ1) is 18.9. The molecule has 7 nitrogen and oxygen atoms in total. The molecule has 2 aliphatic rings. The fraction of sp³-hybridized carbons (Fsp3) is 0.435. The predicted octanol–water partition coefficient (Wildman–Crippen LogP) is 2.60. The van der Waals surface area contributed by atoms with Gasteiger partial charge in [-0.2, -0.15) is 0 Å². The van der Waals surface area contributed by atoms with Crippen LogP contribution in [0.2, 0.25) is 0 Å². The van der Waals surface area contributed by atoms with Crippen molar-refractivity contribution >= 4 is 23.2 Å². The van der Waals surface area contributed by atoms with E-state index in [1.165, 1.54) is 11.3 Å². The summed E-state index contributed by atoms with van der Waals surface area (Å²) in [5.74, 6) is 1.16. The van der Waals surface area contributed by atoms with Crippen LogP contribution in [-0.4, -0.2) is 64.7 Å². The number of aromatic nitrogens is 3. The number of para-hydroxylation sites is 1. The molecule has 5 rings (SSSR count). The van der Waals surface area contributed by atoms with Gasteiger partial charge < -0.3 is 14.7 Å². The topological polar surface area (TPSA) is 57.0 Å². The Balaban J connectivity index is 1.24. The molecule has 4 heterocycles. The van der Waals surface area contributed by atoms with Crippen molar-refractivity contribution in [2.24, 2.45) is 5.92 Å². The molecule has 2 fully saturated rings. The minimum Gasteiger partial charge on any atom is -0.368 e. The Bertz CT molecular complexity index is 1040. The van der Waals surface area contributed by atoms with Crippen molar-refractivity contribution in [3.05, 3.63) is 54.2 Å². The van der Waals surface area contributed by atoms with Gasteiger partial charge in [-0.1, -0.05) is 24.3 Å². The molecule has 1 amide bonds. The molecule has 1 aromatic carbocycles. The Labute approximate surface area is 176 Å². The molecule has 0 N–H and O–H groups in total. The number of anilines is 2. The maximum atomic E-state index is 13.3. The van der Waals surface area contributed by atoms with Crippen molar-refractivity contribution < 1.29 is 4.79 Å². The maximum absolute atomic E-state index is 13.3. The highest BCUT2D eigenvalue weighted by atomic mass is 16.2. The number of benzene rings is 1. The highest BCUT2D eigenvalue weighted by molar-refractivity contribution is 5.80. The Hall–Kier alpha value is -3.09. The van der Waals surface area contributed by atoms with Gasteiger partial charge in [0.05, 0.1) is 5.92 Å². The van der Waals surface area contributed by atoms with Crippen molar-refractivity contribution in [1.82, 2.24) is 19.5 Å². The molecule has 0 spiro atoms. The minimum atomic E-state index is 0.0276. The molecule has 2 aliphatic heterocycles. The van der Waals surface area contributed by atoms with Crippen LogP contribution in [0.25, 0.3) is 5.65 Å². The van der Waals surface area contributed by atoms with Gasteiger partial charge >= 0.3 is 0 Å². The standard InChI is InChI=1S/C23H28N6O/c1-18-7-2-3-9-20(18)26-13-15-27(16-14-26)22(30)19-8-6-11-28(17-19)23-25-24-21-10-4-5-12-29(21)23/h2-5,7,9-10,12,19H,6,8,11,13-17H2,1H3/t19-/m0/s1. The lowest BCUT2D eigenvalue weighted by molar-refractivity contribution is -0.136. The number of carbonyl (C=O) groups is 1. The van der Waals surface area contributed by atoms with Gasteiger partial charge in [-0.05, 0) is 43.5 Å². The summed E-state index contributed by atoms with van der Waals surface area (Å²) in [5.41, 5.74) is 3.42. The van der Waals surface area contributed by atoms with Crippen molar-refractivity contribution in [1.29, 1.82) is 0 Å². The second-order valence-electron chi connectivity index (χ2n) is 8.31. The summed E-state index contributed by atoms with van der Waals surface area (Å²) in [7, 11) is 0. The molecule has 3 aromatic rings. The summed E-state index contributed by atoms with van der Waals surface area (Å²) >= 11 is 0. The SMILES string of the molecule is Cc1ccccc1N1CCN(C(=O)[C@H]2CCCN(c3nnc4ccccn34)C2)CC1. The summed E-state index contributed by atoms with van der Waals surface area (Å²) in [6, 6.07) is 14.4. The molecule has 0 radical (unpaired) electrons. The van der Waals surface area contributed by atoms with E-state index >= 15 is 0 Å². The first-order valence-corrected chi connectivity index (χ1v) is 10.8. The van der Waals surface area contributed by atoms with Gasteiger partial charge in [0.2, 0.25) is 11.9 Å². The first-order valence-electron chi connectivity index (χ1n) is 10.8. The molecular formula is C23H28N6O. The molecule has 7 heteroatoms. The van der Waals surface area contributed by atoms with Crippen LogP contribution in [-0.2, 0) is 4.79 Å². The number of pyridine rings is 1. The average molecular weight is 405 g/mol. The first-order chi connectivity index (χ1) is 14.7. The van der Waals surface area contributed by atoms with E-state index in [2.05, 4.69) is 56.1 Å². The van der Waals surface area contributed by atoms with Crippen LogP contribution in [0.15, 0.2) is 48.7 Å². The van der Waals surface area contributed by atoms with Crippen LogP contribution < -0.4 is 9.80 Å². The van der Waals surface area contributed by atoms with Crippen molar-refractivity contribution in [3.8, 4) is 0 Å². The molecular weight excluding hydrogens is 376 g/mol. The molecule has 1 atom stereocenters. The predicted molar refractivity (Wildman–Crippen MR) is 118 cm³/mol. The zero-order valence-electron chi connectivity index (χ0n) is 17.4. The molecule has 2 saturated heterocycles.